The van der Waals surface area contributed by atoms with Crippen LogP contribution in [0, 0.1) is 5.82 Å². The lowest BCUT2D eigenvalue weighted by Gasteiger charge is -2.08. The molecule has 0 spiro atoms. The Morgan fingerprint density at radius 2 is 1.67 bits per heavy atom. The topological polar surface area (TPSA) is 0 Å². The van der Waals surface area contributed by atoms with Gasteiger partial charge in [0.1, 0.15) is 5.82 Å². The number of hydrogen-bond acceptors (Lipinski definition) is 0. The summed E-state index contributed by atoms with van der Waals surface area (Å²) in [7, 11) is 0. The van der Waals surface area contributed by atoms with Crippen molar-refractivity contribution in [2.45, 2.75) is 5.88 Å². The van der Waals surface area contributed by atoms with Crippen LogP contribution in [-0.4, -0.2) is 0 Å². The minimum absolute atomic E-state index is 0.223. The maximum absolute atomic E-state index is 13.7. The van der Waals surface area contributed by atoms with E-state index in [1.807, 2.05) is 36.4 Å². The Balaban J connectivity index is 2.61. The molecule has 0 atom stereocenters. The fourth-order valence-corrected chi connectivity index (χ4v) is 1.83. The van der Waals surface area contributed by atoms with Gasteiger partial charge in [-0.25, -0.2) is 4.39 Å². The second-order valence-electron chi connectivity index (χ2n) is 3.27. The van der Waals surface area contributed by atoms with Crippen LogP contribution in [-0.2, 0) is 5.88 Å². The van der Waals surface area contributed by atoms with Crippen LogP contribution in [0.15, 0.2) is 48.5 Å². The molecular weight excluding hydrogens is 211 g/mol. The summed E-state index contributed by atoms with van der Waals surface area (Å²) in [6, 6.07) is 14.4. The van der Waals surface area contributed by atoms with Crippen molar-refractivity contribution in [1.29, 1.82) is 0 Å². The first-order valence-electron chi connectivity index (χ1n) is 4.71. The highest BCUT2D eigenvalue weighted by Gasteiger charge is 2.08. The Morgan fingerprint density at radius 3 is 2.33 bits per heavy atom. The largest absolute Gasteiger partial charge is 0.206 e. The number of hydrogen-bond donors (Lipinski definition) is 0. The third-order valence-corrected chi connectivity index (χ3v) is 2.59. The van der Waals surface area contributed by atoms with Crippen molar-refractivity contribution in [1.82, 2.24) is 0 Å². The van der Waals surface area contributed by atoms with Crippen LogP contribution < -0.4 is 0 Å². The zero-order valence-corrected chi connectivity index (χ0v) is 8.84. The van der Waals surface area contributed by atoms with Crippen molar-refractivity contribution < 1.29 is 4.39 Å². The van der Waals surface area contributed by atoms with E-state index in [1.165, 1.54) is 6.07 Å². The van der Waals surface area contributed by atoms with Gasteiger partial charge in [-0.15, -0.1) is 11.6 Å². The molecule has 0 N–H and O–H groups in total. The molecule has 2 aromatic carbocycles. The number of alkyl halides is 1. The standard InChI is InChI=1S/C13H10ClF/c14-9-11-7-4-8-12(15)13(11)10-5-2-1-3-6-10/h1-8H,9H2. The molecule has 0 aliphatic rings. The minimum Gasteiger partial charge on any atom is -0.206 e. The van der Waals surface area contributed by atoms with E-state index < -0.39 is 0 Å². The smallest absolute Gasteiger partial charge is 0.131 e. The summed E-state index contributed by atoms with van der Waals surface area (Å²) in [5, 5.41) is 0. The van der Waals surface area contributed by atoms with Crippen LogP contribution in [0.4, 0.5) is 4.39 Å². The average molecular weight is 221 g/mol. The number of rotatable bonds is 2. The Bertz CT molecular complexity index is 451. The van der Waals surface area contributed by atoms with Crippen LogP contribution in [0.3, 0.4) is 0 Å². The Hall–Kier alpha value is -1.34. The molecule has 0 radical (unpaired) electrons. The highest BCUT2D eigenvalue weighted by molar-refractivity contribution is 6.17. The van der Waals surface area contributed by atoms with E-state index in [0.717, 1.165) is 11.1 Å². The van der Waals surface area contributed by atoms with E-state index >= 15 is 0 Å². The first-order valence-corrected chi connectivity index (χ1v) is 5.25. The van der Waals surface area contributed by atoms with Gasteiger partial charge in [0, 0.05) is 11.4 Å². The van der Waals surface area contributed by atoms with Crippen molar-refractivity contribution in [3.63, 3.8) is 0 Å². The lowest BCUT2D eigenvalue weighted by molar-refractivity contribution is 0.630. The summed E-state index contributed by atoms with van der Waals surface area (Å²) in [5.74, 6) is 0.0986. The van der Waals surface area contributed by atoms with E-state index in [-0.39, 0.29) is 5.82 Å². The monoisotopic (exact) mass is 220 g/mol. The van der Waals surface area contributed by atoms with E-state index in [9.17, 15) is 4.39 Å². The summed E-state index contributed by atoms with van der Waals surface area (Å²) in [6.45, 7) is 0. The van der Waals surface area contributed by atoms with E-state index in [0.29, 0.717) is 11.4 Å². The third kappa shape index (κ3) is 2.02. The second-order valence-corrected chi connectivity index (χ2v) is 3.54. The molecule has 0 aromatic heterocycles. The van der Waals surface area contributed by atoms with Gasteiger partial charge in [-0.2, -0.15) is 0 Å². The van der Waals surface area contributed by atoms with Gasteiger partial charge in [-0.1, -0.05) is 42.5 Å². The molecule has 0 saturated heterocycles. The SMILES string of the molecule is Fc1cccc(CCl)c1-c1ccccc1. The minimum atomic E-state index is -0.223. The van der Waals surface area contributed by atoms with Crippen LogP contribution >= 0.6 is 11.6 Å². The second kappa shape index (κ2) is 4.45. The summed E-state index contributed by atoms with van der Waals surface area (Å²) in [6.07, 6.45) is 0. The molecule has 76 valence electrons. The van der Waals surface area contributed by atoms with Gasteiger partial charge >= 0.3 is 0 Å². The Morgan fingerprint density at radius 1 is 0.933 bits per heavy atom. The first kappa shape index (κ1) is 10.2. The van der Waals surface area contributed by atoms with Crippen molar-refractivity contribution in [2.75, 3.05) is 0 Å². The molecule has 0 unspecified atom stereocenters. The van der Waals surface area contributed by atoms with Crippen molar-refractivity contribution in [2.24, 2.45) is 0 Å². The Labute approximate surface area is 93.3 Å². The molecule has 0 aliphatic heterocycles. The normalized spacial score (nSPS) is 10.3. The van der Waals surface area contributed by atoms with Gasteiger partial charge in [-0.3, -0.25) is 0 Å². The molecule has 2 heteroatoms. The molecule has 15 heavy (non-hydrogen) atoms. The summed E-state index contributed by atoms with van der Waals surface area (Å²) >= 11 is 5.79. The van der Waals surface area contributed by atoms with E-state index in [4.69, 9.17) is 11.6 Å². The van der Waals surface area contributed by atoms with Gasteiger partial charge in [0.25, 0.3) is 0 Å². The quantitative estimate of drug-likeness (QED) is 0.665. The maximum atomic E-state index is 13.7. The molecule has 0 amide bonds. The predicted octanol–water partition coefficient (Wildman–Crippen LogP) is 4.23. The average Bonchev–Trinajstić information content (AvgIpc) is 2.29. The van der Waals surface area contributed by atoms with Gasteiger partial charge in [0.15, 0.2) is 0 Å². The van der Waals surface area contributed by atoms with Crippen molar-refractivity contribution >= 4 is 11.6 Å². The maximum Gasteiger partial charge on any atom is 0.131 e. The predicted molar refractivity (Wildman–Crippen MR) is 61.4 cm³/mol. The Kier molecular flexibility index (Phi) is 3.02. The molecule has 0 nitrogen and oxygen atoms in total. The molecule has 2 aromatic rings. The lowest BCUT2D eigenvalue weighted by Crippen LogP contribution is -1.90. The molecule has 2 rings (SSSR count). The molecule has 0 heterocycles. The van der Waals surface area contributed by atoms with Gasteiger partial charge < -0.3 is 0 Å². The molecule has 0 saturated carbocycles. The fraction of sp³-hybridized carbons (Fsp3) is 0.0769. The molecule has 0 fully saturated rings. The van der Waals surface area contributed by atoms with E-state index in [1.54, 1.807) is 6.07 Å². The van der Waals surface area contributed by atoms with Gasteiger partial charge in [0.2, 0.25) is 0 Å². The van der Waals surface area contributed by atoms with Crippen LogP contribution in [0.5, 0.6) is 0 Å². The third-order valence-electron chi connectivity index (χ3n) is 2.31. The first-order chi connectivity index (χ1) is 7.33. The zero-order chi connectivity index (χ0) is 10.7. The number of halogens is 2. The summed E-state index contributed by atoms with van der Waals surface area (Å²) < 4.78 is 13.7. The van der Waals surface area contributed by atoms with Gasteiger partial charge in [-0.05, 0) is 17.2 Å². The van der Waals surface area contributed by atoms with Crippen molar-refractivity contribution in [3.8, 4) is 11.1 Å². The zero-order valence-electron chi connectivity index (χ0n) is 8.08. The molecule has 0 aliphatic carbocycles. The highest BCUT2D eigenvalue weighted by Crippen LogP contribution is 2.27. The fourth-order valence-electron chi connectivity index (χ4n) is 1.61. The molecule has 0 bridgehead atoms. The van der Waals surface area contributed by atoms with Crippen LogP contribution in [0.25, 0.3) is 11.1 Å². The number of benzene rings is 2. The lowest BCUT2D eigenvalue weighted by atomic mass is 10.0. The highest BCUT2D eigenvalue weighted by atomic mass is 35.5. The van der Waals surface area contributed by atoms with E-state index in [2.05, 4.69) is 0 Å². The summed E-state index contributed by atoms with van der Waals surface area (Å²) in [4.78, 5) is 0. The summed E-state index contributed by atoms with van der Waals surface area (Å²) in [5.41, 5.74) is 2.29. The van der Waals surface area contributed by atoms with Gasteiger partial charge in [0.05, 0.1) is 0 Å². The molecular formula is C13H10ClF. The van der Waals surface area contributed by atoms with Crippen LogP contribution in [0.2, 0.25) is 0 Å². The van der Waals surface area contributed by atoms with Crippen LogP contribution in [0.1, 0.15) is 5.56 Å². The van der Waals surface area contributed by atoms with Crippen molar-refractivity contribution in [3.05, 3.63) is 59.9 Å².